The van der Waals surface area contributed by atoms with Crippen molar-refractivity contribution in [1.82, 2.24) is 10.6 Å². The van der Waals surface area contributed by atoms with Gasteiger partial charge in [0.05, 0.1) is 22.3 Å². The van der Waals surface area contributed by atoms with Crippen LogP contribution in [0.3, 0.4) is 0 Å². The number of carbonyl (C=O) groups excluding carboxylic acids is 2. The molecule has 170 valence electrons. The highest BCUT2D eigenvalue weighted by molar-refractivity contribution is 9.10. The molecule has 0 bridgehead atoms. The fourth-order valence-corrected chi connectivity index (χ4v) is 3.79. The molecule has 0 aromatic heterocycles. The molecule has 0 heterocycles. The van der Waals surface area contributed by atoms with Gasteiger partial charge < -0.3 is 15.4 Å². The molecule has 0 saturated heterocycles. The van der Waals surface area contributed by atoms with Crippen molar-refractivity contribution < 1.29 is 14.3 Å². The summed E-state index contributed by atoms with van der Waals surface area (Å²) in [6, 6.07) is 22.0. The van der Waals surface area contributed by atoms with Gasteiger partial charge in [-0.05, 0) is 77.4 Å². The van der Waals surface area contributed by atoms with E-state index in [2.05, 4.69) is 31.9 Å². The average molecular weight is 526 g/mol. The van der Waals surface area contributed by atoms with Crippen LogP contribution >= 0.6 is 28.1 Å². The Morgan fingerprint density at radius 3 is 2.42 bits per heavy atom. The van der Waals surface area contributed by atoms with Gasteiger partial charge in [0.1, 0.15) is 5.75 Å². The molecule has 3 aromatic rings. The Hall–Kier alpha value is -3.23. The van der Waals surface area contributed by atoms with E-state index < -0.39 is 0 Å². The van der Waals surface area contributed by atoms with E-state index in [-0.39, 0.29) is 16.9 Å². The minimum atomic E-state index is -0.374. The molecule has 0 aliphatic heterocycles. The zero-order valence-corrected chi connectivity index (χ0v) is 20.5. The molecule has 0 fully saturated rings. The number of ether oxygens (including phenoxy) is 1. The molecule has 0 aliphatic carbocycles. The number of para-hydroxylation sites is 1. The zero-order valence-electron chi connectivity index (χ0n) is 18.1. The van der Waals surface area contributed by atoms with E-state index in [9.17, 15) is 9.59 Å². The number of hydrogen-bond acceptors (Lipinski definition) is 4. The lowest BCUT2D eigenvalue weighted by Crippen LogP contribution is -2.35. The first kappa shape index (κ1) is 24.4. The standard InChI is InChI=1S/C25H24BrN3O3S/c1-2-32-22-13-12-18(16-20(22)26)23(30)29-25(33)28-21-11-7-6-10-19(21)24(31)27-15-14-17-8-4-3-5-9-17/h3-13,16H,2,14-15H2,1H3,(H,27,31)(H2,28,29,30,33). The van der Waals surface area contributed by atoms with Crippen LogP contribution in [0.5, 0.6) is 5.75 Å². The largest absolute Gasteiger partial charge is 0.493 e. The minimum Gasteiger partial charge on any atom is -0.493 e. The highest BCUT2D eigenvalue weighted by atomic mass is 79.9. The molecule has 0 aliphatic rings. The van der Waals surface area contributed by atoms with Gasteiger partial charge in [-0.3, -0.25) is 14.9 Å². The zero-order chi connectivity index (χ0) is 23.6. The van der Waals surface area contributed by atoms with Gasteiger partial charge in [0, 0.05) is 12.1 Å². The van der Waals surface area contributed by atoms with Crippen molar-refractivity contribution in [3.63, 3.8) is 0 Å². The quantitative estimate of drug-likeness (QED) is 0.362. The van der Waals surface area contributed by atoms with Crippen LogP contribution in [-0.2, 0) is 6.42 Å². The lowest BCUT2D eigenvalue weighted by atomic mass is 10.1. The molecule has 3 rings (SSSR count). The van der Waals surface area contributed by atoms with Crippen LogP contribution in [0, 0.1) is 0 Å². The number of amides is 2. The van der Waals surface area contributed by atoms with Crippen LogP contribution in [0.1, 0.15) is 33.2 Å². The minimum absolute atomic E-state index is 0.0922. The predicted molar refractivity (Wildman–Crippen MR) is 138 cm³/mol. The fourth-order valence-electron chi connectivity index (χ4n) is 3.09. The summed E-state index contributed by atoms with van der Waals surface area (Å²) >= 11 is 8.70. The number of nitrogens with one attached hydrogen (secondary N) is 3. The fraction of sp³-hybridized carbons (Fsp3) is 0.160. The molecule has 0 spiro atoms. The number of halogens is 1. The monoisotopic (exact) mass is 525 g/mol. The first-order valence-corrected chi connectivity index (χ1v) is 11.6. The Balaban J connectivity index is 1.59. The van der Waals surface area contributed by atoms with Gasteiger partial charge >= 0.3 is 0 Å². The Kier molecular flexibility index (Phi) is 8.97. The third-order valence-corrected chi connectivity index (χ3v) is 5.51. The third kappa shape index (κ3) is 7.13. The van der Waals surface area contributed by atoms with Crippen LogP contribution in [-0.4, -0.2) is 30.1 Å². The molecule has 2 amide bonds. The SMILES string of the molecule is CCOc1ccc(C(=O)NC(=S)Nc2ccccc2C(=O)NCCc2ccccc2)cc1Br. The first-order valence-electron chi connectivity index (χ1n) is 10.4. The molecule has 0 radical (unpaired) electrons. The Morgan fingerprint density at radius 2 is 1.70 bits per heavy atom. The predicted octanol–water partition coefficient (Wildman–Crippen LogP) is 4.95. The molecule has 6 nitrogen and oxygen atoms in total. The molecule has 0 atom stereocenters. The first-order chi connectivity index (χ1) is 16.0. The van der Waals surface area contributed by atoms with Crippen molar-refractivity contribution in [2.75, 3.05) is 18.5 Å². The molecular formula is C25H24BrN3O3S. The van der Waals surface area contributed by atoms with Crippen LogP contribution in [0.4, 0.5) is 5.69 Å². The molecule has 0 unspecified atom stereocenters. The second kappa shape index (κ2) is 12.1. The number of benzene rings is 3. The maximum Gasteiger partial charge on any atom is 0.257 e. The van der Waals surface area contributed by atoms with Crippen molar-refractivity contribution in [2.45, 2.75) is 13.3 Å². The molecular weight excluding hydrogens is 502 g/mol. The second-order valence-electron chi connectivity index (χ2n) is 7.02. The van der Waals surface area contributed by atoms with Crippen molar-refractivity contribution in [2.24, 2.45) is 0 Å². The van der Waals surface area contributed by atoms with E-state index in [1.165, 1.54) is 0 Å². The number of carbonyl (C=O) groups is 2. The maximum absolute atomic E-state index is 12.7. The van der Waals surface area contributed by atoms with E-state index >= 15 is 0 Å². The maximum atomic E-state index is 12.7. The highest BCUT2D eigenvalue weighted by Crippen LogP contribution is 2.26. The summed E-state index contributed by atoms with van der Waals surface area (Å²) in [5, 5.41) is 8.61. The molecule has 3 N–H and O–H groups in total. The number of thiocarbonyl (C=S) groups is 1. The van der Waals surface area contributed by atoms with E-state index in [4.69, 9.17) is 17.0 Å². The third-order valence-electron chi connectivity index (χ3n) is 4.68. The summed E-state index contributed by atoms with van der Waals surface area (Å²) in [4.78, 5) is 25.3. The summed E-state index contributed by atoms with van der Waals surface area (Å²) < 4.78 is 6.14. The van der Waals surface area contributed by atoms with Gasteiger partial charge in [-0.25, -0.2) is 0 Å². The van der Waals surface area contributed by atoms with E-state index in [0.29, 0.717) is 40.2 Å². The Morgan fingerprint density at radius 1 is 0.970 bits per heavy atom. The van der Waals surface area contributed by atoms with Crippen molar-refractivity contribution in [1.29, 1.82) is 0 Å². The van der Waals surface area contributed by atoms with Crippen LogP contribution < -0.4 is 20.7 Å². The van der Waals surface area contributed by atoms with Gasteiger partial charge in [-0.2, -0.15) is 0 Å². The van der Waals surface area contributed by atoms with E-state index in [1.54, 1.807) is 42.5 Å². The topological polar surface area (TPSA) is 79.5 Å². The van der Waals surface area contributed by atoms with Gasteiger partial charge in [0.15, 0.2) is 5.11 Å². The van der Waals surface area contributed by atoms with Crippen molar-refractivity contribution >= 4 is 50.8 Å². The summed E-state index contributed by atoms with van der Waals surface area (Å²) in [5.74, 6) is 0.0570. The molecule has 8 heteroatoms. The van der Waals surface area contributed by atoms with Gasteiger partial charge in [0.25, 0.3) is 11.8 Å². The number of anilines is 1. The second-order valence-corrected chi connectivity index (χ2v) is 8.29. The molecule has 0 saturated carbocycles. The van der Waals surface area contributed by atoms with Gasteiger partial charge in [-0.1, -0.05) is 42.5 Å². The van der Waals surface area contributed by atoms with E-state index in [1.807, 2.05) is 37.3 Å². The van der Waals surface area contributed by atoms with E-state index in [0.717, 1.165) is 12.0 Å². The van der Waals surface area contributed by atoms with Crippen LogP contribution in [0.15, 0.2) is 77.3 Å². The lowest BCUT2D eigenvalue weighted by Gasteiger charge is -2.14. The smallest absolute Gasteiger partial charge is 0.257 e. The summed E-state index contributed by atoms with van der Waals surface area (Å²) in [6.07, 6.45) is 0.730. The molecule has 33 heavy (non-hydrogen) atoms. The van der Waals surface area contributed by atoms with Crippen molar-refractivity contribution in [3.8, 4) is 5.75 Å². The van der Waals surface area contributed by atoms with Gasteiger partial charge in [-0.15, -0.1) is 0 Å². The average Bonchev–Trinajstić information content (AvgIpc) is 2.81. The highest BCUT2D eigenvalue weighted by Gasteiger charge is 2.14. The number of rotatable bonds is 8. The summed E-state index contributed by atoms with van der Waals surface area (Å²) in [7, 11) is 0. The van der Waals surface area contributed by atoms with Crippen molar-refractivity contribution in [3.05, 3.63) is 94.0 Å². The lowest BCUT2D eigenvalue weighted by molar-refractivity contribution is 0.0953. The summed E-state index contributed by atoms with van der Waals surface area (Å²) in [6.45, 7) is 2.92. The van der Waals surface area contributed by atoms with Crippen LogP contribution in [0.25, 0.3) is 0 Å². The van der Waals surface area contributed by atoms with Gasteiger partial charge in [0.2, 0.25) is 0 Å². The van der Waals surface area contributed by atoms with Crippen LogP contribution in [0.2, 0.25) is 0 Å². The summed E-state index contributed by atoms with van der Waals surface area (Å²) in [5.41, 5.74) is 2.51. The molecule has 3 aromatic carbocycles. The number of hydrogen-bond donors (Lipinski definition) is 3. The Labute approximate surface area is 206 Å². The normalized spacial score (nSPS) is 10.2. The Bertz CT molecular complexity index is 1140.